The van der Waals surface area contributed by atoms with E-state index in [-0.39, 0.29) is 11.6 Å². The summed E-state index contributed by atoms with van der Waals surface area (Å²) in [5.74, 6) is -0.161. The highest BCUT2D eigenvalue weighted by atomic mass is 32.1. The number of aromatic nitrogens is 2. The Labute approximate surface area is 155 Å². The van der Waals surface area contributed by atoms with Gasteiger partial charge < -0.3 is 15.0 Å². The van der Waals surface area contributed by atoms with Crippen molar-refractivity contribution in [3.05, 3.63) is 51.9 Å². The maximum absolute atomic E-state index is 14.2. The van der Waals surface area contributed by atoms with Gasteiger partial charge in [-0.2, -0.15) is 0 Å². The van der Waals surface area contributed by atoms with Gasteiger partial charge in [-0.05, 0) is 51.3 Å². The molecule has 1 saturated heterocycles. The highest BCUT2D eigenvalue weighted by molar-refractivity contribution is 7.14. The zero-order chi connectivity index (χ0) is 18.3. The molecule has 1 amide bonds. The van der Waals surface area contributed by atoms with E-state index in [4.69, 9.17) is 0 Å². The second-order valence-corrected chi connectivity index (χ2v) is 8.04. The van der Waals surface area contributed by atoms with E-state index in [0.717, 1.165) is 25.1 Å². The Kier molecular flexibility index (Phi) is 4.50. The van der Waals surface area contributed by atoms with Crippen LogP contribution < -0.4 is 10.6 Å². The van der Waals surface area contributed by atoms with E-state index in [1.165, 1.54) is 22.3 Å². The van der Waals surface area contributed by atoms with Crippen molar-refractivity contribution in [2.45, 2.75) is 38.6 Å². The van der Waals surface area contributed by atoms with E-state index in [2.05, 4.69) is 22.5 Å². The molecule has 7 heteroatoms. The van der Waals surface area contributed by atoms with Crippen molar-refractivity contribution in [1.29, 1.82) is 0 Å². The van der Waals surface area contributed by atoms with Gasteiger partial charge in [-0.3, -0.25) is 4.79 Å². The number of pyridine rings is 1. The van der Waals surface area contributed by atoms with Gasteiger partial charge in [0, 0.05) is 29.4 Å². The molecule has 4 rings (SSSR count). The number of halogens is 1. The molecule has 2 atom stereocenters. The van der Waals surface area contributed by atoms with Crippen molar-refractivity contribution < 1.29 is 9.18 Å². The Morgan fingerprint density at radius 1 is 1.42 bits per heavy atom. The molecule has 0 bridgehead atoms. The van der Waals surface area contributed by atoms with Gasteiger partial charge in [0.2, 0.25) is 0 Å². The fraction of sp³-hybridized carbons (Fsp3) is 0.368. The molecule has 3 aromatic rings. The highest BCUT2D eigenvalue weighted by Gasteiger charge is 2.22. The third-order valence-corrected chi connectivity index (χ3v) is 6.01. The lowest BCUT2D eigenvalue weighted by Crippen LogP contribution is -2.34. The van der Waals surface area contributed by atoms with E-state index in [0.29, 0.717) is 22.5 Å². The summed E-state index contributed by atoms with van der Waals surface area (Å²) in [5, 5.41) is 6.24. The number of rotatable bonds is 3. The number of hydrogen-bond donors (Lipinski definition) is 2. The molecule has 0 aliphatic carbocycles. The molecule has 26 heavy (non-hydrogen) atoms. The molecule has 2 N–H and O–H groups in total. The van der Waals surface area contributed by atoms with Gasteiger partial charge in [0.05, 0.1) is 16.3 Å². The first kappa shape index (κ1) is 17.2. The maximum atomic E-state index is 14.2. The summed E-state index contributed by atoms with van der Waals surface area (Å²) in [4.78, 5) is 18.6. The minimum atomic E-state index is -0.452. The smallest absolute Gasteiger partial charge is 0.265 e. The SMILES string of the molecule is Cc1cn2cc(NC(=O)c3ccc(C4CCNC(C)C4)s3)cc(F)c2n1. The predicted octanol–water partition coefficient (Wildman–Crippen LogP) is 3.95. The molecule has 0 aromatic carbocycles. The lowest BCUT2D eigenvalue weighted by molar-refractivity contribution is 0.103. The molecular formula is C19H21FN4OS. The summed E-state index contributed by atoms with van der Waals surface area (Å²) in [6, 6.07) is 5.72. The van der Waals surface area contributed by atoms with Gasteiger partial charge in [0.1, 0.15) is 0 Å². The number of hydrogen-bond acceptors (Lipinski definition) is 4. The zero-order valence-corrected chi connectivity index (χ0v) is 15.6. The number of piperidine rings is 1. The van der Waals surface area contributed by atoms with E-state index < -0.39 is 5.82 Å². The zero-order valence-electron chi connectivity index (χ0n) is 14.8. The van der Waals surface area contributed by atoms with Crippen LogP contribution in [0.2, 0.25) is 0 Å². The highest BCUT2D eigenvalue weighted by Crippen LogP contribution is 2.33. The van der Waals surface area contributed by atoms with Gasteiger partial charge in [0.15, 0.2) is 11.5 Å². The van der Waals surface area contributed by atoms with Crippen LogP contribution >= 0.6 is 11.3 Å². The van der Waals surface area contributed by atoms with Crippen LogP contribution in [-0.4, -0.2) is 27.9 Å². The number of fused-ring (bicyclic) bond motifs is 1. The number of aryl methyl sites for hydroxylation is 1. The van der Waals surface area contributed by atoms with Crippen LogP contribution in [0.25, 0.3) is 5.65 Å². The standard InChI is InChI=1S/C19H21FN4OS/c1-11-7-13(5-6-21-11)16-3-4-17(26-16)19(25)23-14-8-15(20)18-22-12(2)9-24(18)10-14/h3-4,8-11,13,21H,5-7H2,1-2H3,(H,23,25). The summed E-state index contributed by atoms with van der Waals surface area (Å²) in [6.45, 7) is 5.00. The van der Waals surface area contributed by atoms with Crippen molar-refractivity contribution in [3.63, 3.8) is 0 Å². The number of nitrogens with zero attached hydrogens (tertiary/aromatic N) is 2. The third-order valence-electron chi connectivity index (χ3n) is 4.76. The monoisotopic (exact) mass is 372 g/mol. The summed E-state index contributed by atoms with van der Waals surface area (Å²) in [6.07, 6.45) is 5.59. The molecule has 4 heterocycles. The Bertz CT molecular complexity index is 964. The van der Waals surface area contributed by atoms with Crippen molar-refractivity contribution in [3.8, 4) is 0 Å². The van der Waals surface area contributed by atoms with Crippen LogP contribution in [0.1, 0.15) is 45.9 Å². The largest absolute Gasteiger partial charge is 0.320 e. The van der Waals surface area contributed by atoms with Crippen LogP contribution in [0, 0.1) is 12.7 Å². The second kappa shape index (κ2) is 6.81. The van der Waals surface area contributed by atoms with Gasteiger partial charge >= 0.3 is 0 Å². The average molecular weight is 372 g/mol. The fourth-order valence-corrected chi connectivity index (χ4v) is 4.58. The van der Waals surface area contributed by atoms with Crippen molar-refractivity contribution in [1.82, 2.24) is 14.7 Å². The van der Waals surface area contributed by atoms with Crippen LogP contribution in [0.4, 0.5) is 10.1 Å². The topological polar surface area (TPSA) is 58.4 Å². The molecular weight excluding hydrogens is 351 g/mol. The summed E-state index contributed by atoms with van der Waals surface area (Å²) < 4.78 is 15.8. The first-order valence-corrected chi connectivity index (χ1v) is 9.60. The molecule has 5 nitrogen and oxygen atoms in total. The molecule has 0 radical (unpaired) electrons. The first-order valence-electron chi connectivity index (χ1n) is 8.79. The van der Waals surface area contributed by atoms with Crippen LogP contribution in [-0.2, 0) is 0 Å². The normalized spacial score (nSPS) is 20.4. The summed E-state index contributed by atoms with van der Waals surface area (Å²) in [7, 11) is 0. The summed E-state index contributed by atoms with van der Waals surface area (Å²) >= 11 is 1.53. The van der Waals surface area contributed by atoms with Crippen LogP contribution in [0.3, 0.4) is 0 Å². The number of nitrogens with one attached hydrogen (secondary N) is 2. The Balaban J connectivity index is 1.52. The maximum Gasteiger partial charge on any atom is 0.265 e. The number of amides is 1. The molecule has 2 unspecified atom stereocenters. The van der Waals surface area contributed by atoms with Crippen LogP contribution in [0.15, 0.2) is 30.6 Å². The quantitative estimate of drug-likeness (QED) is 0.732. The third kappa shape index (κ3) is 3.37. The number of imidazole rings is 1. The molecule has 1 aliphatic rings. The van der Waals surface area contributed by atoms with E-state index >= 15 is 0 Å². The lowest BCUT2D eigenvalue weighted by Gasteiger charge is -2.27. The summed E-state index contributed by atoms with van der Waals surface area (Å²) in [5.41, 5.74) is 1.41. The molecule has 136 valence electrons. The average Bonchev–Trinajstić information content (AvgIpc) is 3.21. The van der Waals surface area contributed by atoms with Crippen molar-refractivity contribution in [2.24, 2.45) is 0 Å². The number of anilines is 1. The molecule has 1 aliphatic heterocycles. The molecule has 1 fully saturated rings. The van der Waals surface area contributed by atoms with Gasteiger partial charge in [-0.1, -0.05) is 0 Å². The number of carbonyl (C=O) groups is 1. The minimum Gasteiger partial charge on any atom is -0.320 e. The Morgan fingerprint density at radius 2 is 2.27 bits per heavy atom. The van der Waals surface area contributed by atoms with Crippen molar-refractivity contribution in [2.75, 3.05) is 11.9 Å². The fourth-order valence-electron chi connectivity index (χ4n) is 3.53. The molecule has 3 aromatic heterocycles. The van der Waals surface area contributed by atoms with Gasteiger partial charge in [-0.15, -0.1) is 11.3 Å². The Morgan fingerprint density at radius 3 is 3.08 bits per heavy atom. The van der Waals surface area contributed by atoms with E-state index in [9.17, 15) is 9.18 Å². The predicted molar refractivity (Wildman–Crippen MR) is 102 cm³/mol. The van der Waals surface area contributed by atoms with Crippen LogP contribution in [0.5, 0.6) is 0 Å². The Hall–Kier alpha value is -2.25. The van der Waals surface area contributed by atoms with Gasteiger partial charge in [-0.25, -0.2) is 9.37 Å². The second-order valence-electron chi connectivity index (χ2n) is 6.92. The molecule has 0 saturated carbocycles. The van der Waals surface area contributed by atoms with E-state index in [1.807, 2.05) is 12.1 Å². The van der Waals surface area contributed by atoms with Gasteiger partial charge in [0.25, 0.3) is 5.91 Å². The van der Waals surface area contributed by atoms with Crippen molar-refractivity contribution >= 4 is 28.6 Å². The first-order chi connectivity index (χ1) is 12.5. The number of thiophene rings is 1. The number of carbonyl (C=O) groups excluding carboxylic acids is 1. The van der Waals surface area contributed by atoms with E-state index in [1.54, 1.807) is 23.7 Å². The molecule has 0 spiro atoms. The minimum absolute atomic E-state index is 0.209. The lowest BCUT2D eigenvalue weighted by atomic mass is 9.92.